The van der Waals surface area contributed by atoms with E-state index in [4.69, 9.17) is 0 Å². The molecule has 0 N–H and O–H groups in total. The second-order valence-electron chi connectivity index (χ2n) is 6.26. The van der Waals surface area contributed by atoms with Crippen molar-refractivity contribution in [1.29, 1.82) is 0 Å². The number of rotatable bonds is 6. The average Bonchev–Trinajstić information content (AvgIpc) is 3.16. The summed E-state index contributed by atoms with van der Waals surface area (Å²) in [6.45, 7) is 5.49. The number of hydrogen-bond acceptors (Lipinski definition) is 5. The van der Waals surface area contributed by atoms with Gasteiger partial charge in [-0.3, -0.25) is 4.79 Å². The Kier molecular flexibility index (Phi) is 7.26. The van der Waals surface area contributed by atoms with E-state index < -0.39 is 9.84 Å². The van der Waals surface area contributed by atoms with Gasteiger partial charge in [0, 0.05) is 51.5 Å². The number of aryl methyl sites for hydroxylation is 1. The van der Waals surface area contributed by atoms with Gasteiger partial charge in [0.1, 0.15) is 0 Å². The van der Waals surface area contributed by atoms with Crippen LogP contribution in [0, 0.1) is 0 Å². The first-order valence-corrected chi connectivity index (χ1v) is 10.5. The third-order valence-corrected chi connectivity index (χ3v) is 6.37. The Bertz CT molecular complexity index is 847. The van der Waals surface area contributed by atoms with Crippen LogP contribution in [-0.4, -0.2) is 60.7 Å². The molecule has 2 aromatic rings. The molecule has 0 aliphatic carbocycles. The summed E-state index contributed by atoms with van der Waals surface area (Å²) in [4.78, 5) is 21.0. The van der Waals surface area contributed by atoms with E-state index in [9.17, 15) is 13.2 Å². The molecule has 2 heterocycles. The molecule has 0 atom stereocenters. The van der Waals surface area contributed by atoms with Crippen LogP contribution in [0.2, 0.25) is 0 Å². The van der Waals surface area contributed by atoms with E-state index in [1.807, 2.05) is 6.20 Å². The maximum atomic E-state index is 12.4. The van der Waals surface area contributed by atoms with Crippen molar-refractivity contribution in [1.82, 2.24) is 14.5 Å². The smallest absolute Gasteiger partial charge is 0.223 e. The highest BCUT2D eigenvalue weighted by Gasteiger charge is 2.24. The highest BCUT2D eigenvalue weighted by molar-refractivity contribution is 7.91. The zero-order valence-corrected chi connectivity index (χ0v) is 17.0. The first kappa shape index (κ1) is 21.2. The van der Waals surface area contributed by atoms with Crippen LogP contribution in [0.25, 0.3) is 0 Å². The van der Waals surface area contributed by atoms with Crippen molar-refractivity contribution in [2.24, 2.45) is 0 Å². The molecule has 0 unspecified atom stereocenters. The Morgan fingerprint density at radius 2 is 1.78 bits per heavy atom. The summed E-state index contributed by atoms with van der Waals surface area (Å²) in [5.41, 5.74) is 0. The number of sulfone groups is 1. The van der Waals surface area contributed by atoms with Crippen LogP contribution in [0.15, 0.2) is 47.6 Å². The summed E-state index contributed by atoms with van der Waals surface area (Å²) in [5.74, 6) is 0.658. The minimum atomic E-state index is -3.42. The molecule has 1 aromatic carbocycles. The molecule has 1 aliphatic rings. The molecule has 1 aromatic heterocycles. The molecule has 0 bridgehead atoms. The van der Waals surface area contributed by atoms with Crippen LogP contribution in [-0.2, 0) is 21.2 Å². The van der Waals surface area contributed by atoms with Gasteiger partial charge in [-0.1, -0.05) is 18.2 Å². The van der Waals surface area contributed by atoms with Crippen LogP contribution < -0.4 is 4.90 Å². The summed E-state index contributed by atoms with van der Waals surface area (Å²) in [6, 6.07) is 8.28. The average molecular weight is 413 g/mol. The lowest BCUT2D eigenvalue weighted by molar-refractivity contribution is -0.131. The standard InChI is InChI=1S/C18H24N4O3S.ClH/c1-2-20-10-9-19-18(20)22-13-11-21(12-14-22)17(23)8-15-26(24,25)16-6-4-3-5-7-16;/h3-7,9-10H,2,8,11-15H2,1H3;1H. The first-order valence-electron chi connectivity index (χ1n) is 8.83. The molecule has 1 aliphatic heterocycles. The lowest BCUT2D eigenvalue weighted by Crippen LogP contribution is -2.49. The number of imidazole rings is 1. The number of amides is 1. The van der Waals surface area contributed by atoms with Crippen molar-refractivity contribution in [2.45, 2.75) is 24.8 Å². The van der Waals surface area contributed by atoms with Crippen molar-refractivity contribution < 1.29 is 13.2 Å². The van der Waals surface area contributed by atoms with Gasteiger partial charge in [0.05, 0.1) is 10.6 Å². The van der Waals surface area contributed by atoms with Crippen molar-refractivity contribution in [2.75, 3.05) is 36.8 Å². The molecule has 7 nitrogen and oxygen atoms in total. The van der Waals surface area contributed by atoms with Gasteiger partial charge < -0.3 is 14.4 Å². The molecule has 9 heteroatoms. The highest BCUT2D eigenvalue weighted by Crippen LogP contribution is 2.16. The van der Waals surface area contributed by atoms with Gasteiger partial charge in [-0.2, -0.15) is 0 Å². The van der Waals surface area contributed by atoms with Crippen molar-refractivity contribution in [3.8, 4) is 0 Å². The summed E-state index contributed by atoms with van der Waals surface area (Å²) in [5, 5.41) is 0. The Hall–Kier alpha value is -2.06. The minimum Gasteiger partial charge on any atom is -0.339 e. The predicted molar refractivity (Wildman–Crippen MR) is 107 cm³/mol. The van der Waals surface area contributed by atoms with Crippen molar-refractivity contribution in [3.63, 3.8) is 0 Å². The first-order chi connectivity index (χ1) is 12.5. The fourth-order valence-corrected chi connectivity index (χ4v) is 4.36. The van der Waals surface area contributed by atoms with Gasteiger partial charge in [-0.15, -0.1) is 12.4 Å². The maximum absolute atomic E-state index is 12.4. The van der Waals surface area contributed by atoms with Gasteiger partial charge in [-0.25, -0.2) is 13.4 Å². The van der Waals surface area contributed by atoms with E-state index in [1.54, 1.807) is 41.4 Å². The third-order valence-electron chi connectivity index (χ3n) is 4.64. The van der Waals surface area contributed by atoms with Crippen LogP contribution in [0.1, 0.15) is 13.3 Å². The summed E-state index contributed by atoms with van der Waals surface area (Å²) >= 11 is 0. The Balaban J connectivity index is 0.00000261. The molecule has 1 fully saturated rings. The zero-order valence-electron chi connectivity index (χ0n) is 15.3. The van der Waals surface area contributed by atoms with Crippen LogP contribution in [0.3, 0.4) is 0 Å². The number of piperazine rings is 1. The molecular weight excluding hydrogens is 388 g/mol. The van der Waals surface area contributed by atoms with Crippen LogP contribution >= 0.6 is 12.4 Å². The SMILES string of the molecule is CCn1ccnc1N1CCN(C(=O)CCS(=O)(=O)c2ccccc2)CC1.Cl. The topological polar surface area (TPSA) is 75.5 Å². The van der Waals surface area contributed by atoms with Crippen molar-refractivity contribution in [3.05, 3.63) is 42.7 Å². The monoisotopic (exact) mass is 412 g/mol. The lowest BCUT2D eigenvalue weighted by Gasteiger charge is -2.35. The predicted octanol–water partition coefficient (Wildman–Crippen LogP) is 1.84. The third kappa shape index (κ3) is 5.01. The van der Waals surface area contributed by atoms with E-state index in [2.05, 4.69) is 21.4 Å². The second-order valence-corrected chi connectivity index (χ2v) is 8.37. The molecule has 0 saturated carbocycles. The number of benzene rings is 1. The van der Waals surface area contributed by atoms with Crippen molar-refractivity contribution >= 4 is 34.1 Å². The number of halogens is 1. The molecule has 0 spiro atoms. The summed E-state index contributed by atoms with van der Waals surface area (Å²) in [6.07, 6.45) is 3.74. The second kappa shape index (κ2) is 9.23. The number of hydrogen-bond donors (Lipinski definition) is 0. The highest BCUT2D eigenvalue weighted by atomic mass is 35.5. The van der Waals surface area contributed by atoms with Gasteiger partial charge in [-0.05, 0) is 19.1 Å². The Morgan fingerprint density at radius 1 is 1.11 bits per heavy atom. The van der Waals surface area contributed by atoms with Gasteiger partial charge in [0.15, 0.2) is 9.84 Å². The normalized spacial score (nSPS) is 14.7. The largest absolute Gasteiger partial charge is 0.339 e. The van der Waals surface area contributed by atoms with Gasteiger partial charge in [0.25, 0.3) is 0 Å². The van der Waals surface area contributed by atoms with Crippen LogP contribution in [0.5, 0.6) is 0 Å². The summed E-state index contributed by atoms with van der Waals surface area (Å²) < 4.78 is 26.7. The number of carbonyl (C=O) groups is 1. The quantitative estimate of drug-likeness (QED) is 0.723. The number of aromatic nitrogens is 2. The number of carbonyl (C=O) groups excluding carboxylic acids is 1. The lowest BCUT2D eigenvalue weighted by atomic mass is 10.3. The Labute approximate surface area is 166 Å². The molecule has 148 valence electrons. The van der Waals surface area contributed by atoms with Gasteiger partial charge >= 0.3 is 0 Å². The van der Waals surface area contributed by atoms with E-state index in [0.717, 1.165) is 12.5 Å². The van der Waals surface area contributed by atoms with Crippen LogP contribution in [0.4, 0.5) is 5.95 Å². The number of nitrogens with zero attached hydrogens (tertiary/aromatic N) is 4. The Morgan fingerprint density at radius 3 is 2.41 bits per heavy atom. The summed E-state index contributed by atoms with van der Waals surface area (Å²) in [7, 11) is -3.42. The fourth-order valence-electron chi connectivity index (χ4n) is 3.11. The maximum Gasteiger partial charge on any atom is 0.223 e. The van der Waals surface area contributed by atoms with E-state index in [1.165, 1.54) is 0 Å². The number of anilines is 1. The minimum absolute atomic E-state index is 0. The zero-order chi connectivity index (χ0) is 18.6. The van der Waals surface area contributed by atoms with Gasteiger partial charge in [0.2, 0.25) is 11.9 Å². The van der Waals surface area contributed by atoms with E-state index in [0.29, 0.717) is 26.2 Å². The molecular formula is C18H25ClN4O3S. The van der Waals surface area contributed by atoms with E-state index in [-0.39, 0.29) is 35.4 Å². The van der Waals surface area contributed by atoms with E-state index >= 15 is 0 Å². The molecule has 27 heavy (non-hydrogen) atoms. The molecule has 1 saturated heterocycles. The fraction of sp³-hybridized carbons (Fsp3) is 0.444. The molecule has 1 amide bonds. The molecule has 3 rings (SSSR count). The molecule has 0 radical (unpaired) electrons.